The number of fused-ring (bicyclic) bond motifs is 1. The van der Waals surface area contributed by atoms with Gasteiger partial charge in [0.25, 0.3) is 5.91 Å². The smallest absolute Gasteiger partial charge is 0.417 e. The van der Waals surface area contributed by atoms with Gasteiger partial charge in [0.1, 0.15) is 5.82 Å². The molecule has 1 aliphatic rings. The number of benzene rings is 1. The lowest BCUT2D eigenvalue weighted by Crippen LogP contribution is -2.35. The average molecular weight is 419 g/mol. The van der Waals surface area contributed by atoms with Crippen LogP contribution in [0.4, 0.5) is 19.0 Å². The lowest BCUT2D eigenvalue weighted by molar-refractivity contribution is -0.137. The van der Waals surface area contributed by atoms with Gasteiger partial charge in [-0.3, -0.25) is 4.79 Å². The molecule has 0 saturated carbocycles. The zero-order valence-electron chi connectivity index (χ0n) is 16.3. The molecule has 30 heavy (non-hydrogen) atoms. The molecular formula is C21H20F3N3O3. The number of para-hydroxylation sites is 1. The van der Waals surface area contributed by atoms with Crippen LogP contribution in [-0.2, 0) is 6.18 Å². The van der Waals surface area contributed by atoms with Gasteiger partial charge >= 0.3 is 6.18 Å². The van der Waals surface area contributed by atoms with E-state index < -0.39 is 11.7 Å². The summed E-state index contributed by atoms with van der Waals surface area (Å²) >= 11 is 0. The molecule has 4 rings (SSSR count). The van der Waals surface area contributed by atoms with Gasteiger partial charge in [-0.15, -0.1) is 0 Å². The van der Waals surface area contributed by atoms with E-state index in [0.29, 0.717) is 49.8 Å². The summed E-state index contributed by atoms with van der Waals surface area (Å²) in [5.41, 5.74) is -0.257. The van der Waals surface area contributed by atoms with Crippen molar-refractivity contribution < 1.29 is 27.1 Å². The molecule has 0 unspecified atom stereocenters. The summed E-state index contributed by atoms with van der Waals surface area (Å²) in [5, 5.41) is 0.781. The van der Waals surface area contributed by atoms with Crippen molar-refractivity contribution in [2.75, 3.05) is 38.2 Å². The zero-order valence-corrected chi connectivity index (χ0v) is 16.3. The molecule has 0 bridgehead atoms. The number of hydrogen-bond acceptors (Lipinski definition) is 5. The SMILES string of the molecule is COc1cccc2cc(C(=O)N3CCCN(c4ccc(C(F)(F)F)cn4)CC3)oc12. The number of methoxy groups -OCH3 is 1. The van der Waals surface area contributed by atoms with Gasteiger partial charge in [-0.2, -0.15) is 13.2 Å². The van der Waals surface area contributed by atoms with Gasteiger partial charge in [0.2, 0.25) is 0 Å². The van der Waals surface area contributed by atoms with Crippen LogP contribution < -0.4 is 9.64 Å². The molecule has 0 aliphatic carbocycles. The van der Waals surface area contributed by atoms with Crippen LogP contribution in [0.5, 0.6) is 5.75 Å². The molecule has 1 fully saturated rings. The molecule has 0 N–H and O–H groups in total. The Morgan fingerprint density at radius 2 is 1.97 bits per heavy atom. The molecule has 1 aliphatic heterocycles. The minimum Gasteiger partial charge on any atom is -0.493 e. The molecular weight excluding hydrogens is 399 g/mol. The summed E-state index contributed by atoms with van der Waals surface area (Å²) in [6.45, 7) is 1.99. The highest BCUT2D eigenvalue weighted by atomic mass is 19.4. The molecule has 0 radical (unpaired) electrons. The van der Waals surface area contributed by atoms with Crippen LogP contribution in [-0.4, -0.2) is 49.1 Å². The van der Waals surface area contributed by atoms with E-state index in [2.05, 4.69) is 4.98 Å². The third-order valence-electron chi connectivity index (χ3n) is 5.12. The Hall–Kier alpha value is -3.23. The molecule has 3 aromatic rings. The van der Waals surface area contributed by atoms with E-state index in [0.717, 1.165) is 17.6 Å². The van der Waals surface area contributed by atoms with E-state index in [1.165, 1.54) is 13.2 Å². The van der Waals surface area contributed by atoms with Crippen LogP contribution in [0.3, 0.4) is 0 Å². The largest absolute Gasteiger partial charge is 0.493 e. The first-order valence-electron chi connectivity index (χ1n) is 9.51. The van der Waals surface area contributed by atoms with Crippen molar-refractivity contribution in [2.45, 2.75) is 12.6 Å². The fourth-order valence-corrected chi connectivity index (χ4v) is 3.55. The standard InChI is InChI=1S/C21H20F3N3O3/c1-29-16-5-2-4-14-12-17(30-19(14)16)20(28)27-9-3-8-26(10-11-27)18-7-6-15(13-25-18)21(22,23)24/h2,4-7,12-13H,3,8-11H2,1H3. The maximum Gasteiger partial charge on any atom is 0.417 e. The topological polar surface area (TPSA) is 58.8 Å². The van der Waals surface area contributed by atoms with Gasteiger partial charge in [0.15, 0.2) is 17.1 Å². The Labute approximate surface area is 170 Å². The molecule has 0 spiro atoms. The minimum absolute atomic E-state index is 0.226. The van der Waals surface area contributed by atoms with Gasteiger partial charge in [-0.1, -0.05) is 12.1 Å². The molecule has 3 heterocycles. The number of pyridine rings is 1. The lowest BCUT2D eigenvalue weighted by Gasteiger charge is -2.22. The van der Waals surface area contributed by atoms with Crippen molar-refractivity contribution in [3.05, 3.63) is 53.9 Å². The zero-order chi connectivity index (χ0) is 21.3. The van der Waals surface area contributed by atoms with Gasteiger partial charge in [0.05, 0.1) is 12.7 Å². The van der Waals surface area contributed by atoms with Gasteiger partial charge in [-0.25, -0.2) is 4.98 Å². The molecule has 0 atom stereocenters. The number of rotatable bonds is 3. The third kappa shape index (κ3) is 3.92. The van der Waals surface area contributed by atoms with E-state index in [9.17, 15) is 18.0 Å². The van der Waals surface area contributed by atoms with Crippen LogP contribution in [0.15, 0.2) is 47.0 Å². The number of nitrogens with zero attached hydrogens (tertiary/aromatic N) is 3. The van der Waals surface area contributed by atoms with Gasteiger partial charge in [0, 0.05) is 37.8 Å². The summed E-state index contributed by atoms with van der Waals surface area (Å²) < 4.78 is 49.2. The quantitative estimate of drug-likeness (QED) is 0.637. The summed E-state index contributed by atoms with van der Waals surface area (Å²) in [6, 6.07) is 9.52. The normalized spacial score (nSPS) is 15.3. The number of halogens is 3. The third-order valence-corrected chi connectivity index (χ3v) is 5.12. The summed E-state index contributed by atoms with van der Waals surface area (Å²) in [7, 11) is 1.54. The van der Waals surface area contributed by atoms with E-state index in [-0.39, 0.29) is 11.7 Å². The van der Waals surface area contributed by atoms with Crippen LogP contribution in [0.1, 0.15) is 22.5 Å². The Morgan fingerprint density at radius 3 is 2.67 bits per heavy atom. The van der Waals surface area contributed by atoms with Crippen LogP contribution >= 0.6 is 0 Å². The predicted octanol–water partition coefficient (Wildman–Crippen LogP) is 4.21. The Balaban J connectivity index is 1.47. The maximum absolute atomic E-state index is 13.0. The monoisotopic (exact) mass is 419 g/mol. The van der Waals surface area contributed by atoms with Gasteiger partial charge in [-0.05, 0) is 30.7 Å². The fraction of sp³-hybridized carbons (Fsp3) is 0.333. The van der Waals surface area contributed by atoms with Crippen molar-refractivity contribution in [3.63, 3.8) is 0 Å². The first kappa shape index (κ1) is 20.1. The number of amides is 1. The maximum atomic E-state index is 13.0. The number of aromatic nitrogens is 1. The Kier molecular flexibility index (Phi) is 5.27. The molecule has 1 aromatic carbocycles. The number of hydrogen-bond donors (Lipinski definition) is 0. The fourth-order valence-electron chi connectivity index (χ4n) is 3.55. The molecule has 1 saturated heterocycles. The van der Waals surface area contributed by atoms with Crippen LogP contribution in [0.2, 0.25) is 0 Å². The first-order valence-corrected chi connectivity index (χ1v) is 9.51. The Morgan fingerprint density at radius 1 is 1.13 bits per heavy atom. The van der Waals surface area contributed by atoms with Gasteiger partial charge < -0.3 is 19.0 Å². The number of anilines is 1. The van der Waals surface area contributed by atoms with Crippen molar-refractivity contribution in [1.29, 1.82) is 0 Å². The second-order valence-electron chi connectivity index (χ2n) is 7.02. The number of carbonyl (C=O) groups is 1. The van der Waals surface area contributed by atoms with E-state index in [1.807, 2.05) is 17.0 Å². The lowest BCUT2D eigenvalue weighted by atomic mass is 10.2. The van der Waals surface area contributed by atoms with Crippen LogP contribution in [0.25, 0.3) is 11.0 Å². The molecule has 2 aromatic heterocycles. The van der Waals surface area contributed by atoms with E-state index in [1.54, 1.807) is 17.0 Å². The van der Waals surface area contributed by atoms with Crippen LogP contribution in [0, 0.1) is 0 Å². The Bertz CT molecular complexity index is 1050. The number of furan rings is 1. The van der Waals surface area contributed by atoms with E-state index >= 15 is 0 Å². The number of carbonyl (C=O) groups excluding carboxylic acids is 1. The number of alkyl halides is 3. The highest BCUT2D eigenvalue weighted by molar-refractivity contribution is 5.97. The highest BCUT2D eigenvalue weighted by Gasteiger charge is 2.31. The van der Waals surface area contributed by atoms with Crippen molar-refractivity contribution in [1.82, 2.24) is 9.88 Å². The van der Waals surface area contributed by atoms with E-state index in [4.69, 9.17) is 9.15 Å². The molecule has 6 nitrogen and oxygen atoms in total. The summed E-state index contributed by atoms with van der Waals surface area (Å²) in [4.78, 5) is 20.5. The average Bonchev–Trinajstić information content (AvgIpc) is 3.02. The second kappa shape index (κ2) is 7.89. The predicted molar refractivity (Wildman–Crippen MR) is 105 cm³/mol. The van der Waals surface area contributed by atoms with Crippen molar-refractivity contribution >= 4 is 22.7 Å². The summed E-state index contributed by atoms with van der Waals surface area (Å²) in [5.74, 6) is 1.03. The number of ether oxygens (including phenoxy) is 1. The highest BCUT2D eigenvalue weighted by Crippen LogP contribution is 2.30. The van der Waals surface area contributed by atoms with Crippen molar-refractivity contribution in [3.8, 4) is 5.75 Å². The molecule has 1 amide bonds. The summed E-state index contributed by atoms with van der Waals surface area (Å²) in [6.07, 6.45) is -2.91. The minimum atomic E-state index is -4.41. The van der Waals surface area contributed by atoms with Crippen molar-refractivity contribution in [2.24, 2.45) is 0 Å². The second-order valence-corrected chi connectivity index (χ2v) is 7.02. The molecule has 158 valence electrons. The first-order chi connectivity index (χ1) is 14.4. The molecule has 9 heteroatoms.